The van der Waals surface area contributed by atoms with E-state index in [-0.39, 0.29) is 17.7 Å². The van der Waals surface area contributed by atoms with Crippen LogP contribution in [0.25, 0.3) is 0 Å². The number of rotatable bonds is 3. The van der Waals surface area contributed by atoms with Crippen molar-refractivity contribution in [1.82, 2.24) is 15.5 Å². The van der Waals surface area contributed by atoms with Gasteiger partial charge in [-0.1, -0.05) is 6.92 Å². The van der Waals surface area contributed by atoms with Crippen molar-refractivity contribution >= 4 is 11.8 Å². The van der Waals surface area contributed by atoms with Crippen molar-refractivity contribution in [2.24, 2.45) is 11.8 Å². The van der Waals surface area contributed by atoms with Crippen LogP contribution < -0.4 is 10.6 Å². The van der Waals surface area contributed by atoms with Crippen molar-refractivity contribution in [3.8, 4) is 0 Å². The van der Waals surface area contributed by atoms with E-state index in [0.29, 0.717) is 12.5 Å². The molecule has 0 aromatic heterocycles. The molecule has 1 saturated heterocycles. The van der Waals surface area contributed by atoms with Gasteiger partial charge in [-0.3, -0.25) is 9.59 Å². The maximum atomic E-state index is 11.9. The van der Waals surface area contributed by atoms with Crippen molar-refractivity contribution in [1.29, 1.82) is 0 Å². The lowest BCUT2D eigenvalue weighted by Gasteiger charge is -2.21. The molecule has 0 radical (unpaired) electrons. The Kier molecular flexibility index (Phi) is 4.29. The van der Waals surface area contributed by atoms with Crippen molar-refractivity contribution in [2.45, 2.75) is 19.9 Å². The molecule has 1 heterocycles. The minimum Gasteiger partial charge on any atom is -0.347 e. The zero-order valence-electron chi connectivity index (χ0n) is 10.4. The molecule has 0 aromatic carbocycles. The molecule has 1 aliphatic rings. The van der Waals surface area contributed by atoms with Crippen LogP contribution in [0.4, 0.5) is 0 Å². The third kappa shape index (κ3) is 2.95. The van der Waals surface area contributed by atoms with Gasteiger partial charge in [0.25, 0.3) is 0 Å². The predicted octanol–water partition coefficient (Wildman–Crippen LogP) is -0.565. The fourth-order valence-corrected chi connectivity index (χ4v) is 1.93. The molecule has 1 fully saturated rings. The van der Waals surface area contributed by atoms with Crippen molar-refractivity contribution in [3.05, 3.63) is 0 Å². The highest BCUT2D eigenvalue weighted by molar-refractivity contribution is 5.88. The Balaban J connectivity index is 2.48. The molecule has 0 aromatic rings. The Hall–Kier alpha value is -1.10. The van der Waals surface area contributed by atoms with E-state index in [1.807, 2.05) is 6.92 Å². The lowest BCUT2D eigenvalue weighted by molar-refractivity contribution is -0.135. The Morgan fingerprint density at radius 3 is 2.44 bits per heavy atom. The Morgan fingerprint density at radius 1 is 1.38 bits per heavy atom. The second-order valence-electron chi connectivity index (χ2n) is 4.70. The van der Waals surface area contributed by atoms with Crippen LogP contribution in [0, 0.1) is 11.8 Å². The summed E-state index contributed by atoms with van der Waals surface area (Å²) in [6.45, 7) is 5.33. The molecule has 5 heteroatoms. The van der Waals surface area contributed by atoms with E-state index >= 15 is 0 Å². The zero-order valence-corrected chi connectivity index (χ0v) is 10.4. The van der Waals surface area contributed by atoms with Gasteiger partial charge < -0.3 is 15.5 Å². The molecule has 0 bridgehead atoms. The van der Waals surface area contributed by atoms with E-state index in [4.69, 9.17) is 0 Å². The number of hydrogen-bond donors (Lipinski definition) is 2. The first kappa shape index (κ1) is 13.0. The van der Waals surface area contributed by atoms with Gasteiger partial charge >= 0.3 is 0 Å². The van der Waals surface area contributed by atoms with Gasteiger partial charge in [0.1, 0.15) is 6.04 Å². The maximum absolute atomic E-state index is 11.9. The third-order valence-electron chi connectivity index (χ3n) is 3.02. The van der Waals surface area contributed by atoms with E-state index in [1.165, 1.54) is 4.90 Å². The summed E-state index contributed by atoms with van der Waals surface area (Å²) in [5.41, 5.74) is 0. The molecule has 3 atom stereocenters. The van der Waals surface area contributed by atoms with Gasteiger partial charge in [-0.25, -0.2) is 0 Å². The quantitative estimate of drug-likeness (QED) is 0.679. The van der Waals surface area contributed by atoms with E-state index in [9.17, 15) is 9.59 Å². The predicted molar refractivity (Wildman–Crippen MR) is 61.8 cm³/mol. The minimum atomic E-state index is -0.449. The summed E-state index contributed by atoms with van der Waals surface area (Å²) in [5.74, 6) is 0.214. The summed E-state index contributed by atoms with van der Waals surface area (Å²) in [4.78, 5) is 24.9. The van der Waals surface area contributed by atoms with Gasteiger partial charge in [0.15, 0.2) is 0 Å². The molecule has 92 valence electrons. The Morgan fingerprint density at radius 2 is 2.00 bits per heavy atom. The molecule has 1 rings (SSSR count). The molecule has 2 amide bonds. The van der Waals surface area contributed by atoms with Gasteiger partial charge in [-0.05, 0) is 19.4 Å². The number of hydrogen-bond acceptors (Lipinski definition) is 3. The van der Waals surface area contributed by atoms with Gasteiger partial charge in [0.05, 0.1) is 5.92 Å². The number of carbonyl (C=O) groups is 2. The van der Waals surface area contributed by atoms with Crippen molar-refractivity contribution in [3.63, 3.8) is 0 Å². The molecule has 0 saturated carbocycles. The molecule has 16 heavy (non-hydrogen) atoms. The largest absolute Gasteiger partial charge is 0.347 e. The average molecular weight is 227 g/mol. The molecule has 2 N–H and O–H groups in total. The summed E-state index contributed by atoms with van der Waals surface area (Å²) >= 11 is 0. The normalized spacial score (nSPS) is 26.2. The third-order valence-corrected chi connectivity index (χ3v) is 3.02. The number of likely N-dealkylation sites (N-methyl/N-ethyl adjacent to an activating group) is 1. The molecular weight excluding hydrogens is 206 g/mol. The van der Waals surface area contributed by atoms with E-state index in [2.05, 4.69) is 10.6 Å². The van der Waals surface area contributed by atoms with Crippen LogP contribution in [0.2, 0.25) is 0 Å². The number of nitrogens with zero attached hydrogens (tertiary/aromatic N) is 1. The van der Waals surface area contributed by atoms with Crippen LogP contribution in [0.15, 0.2) is 0 Å². The topological polar surface area (TPSA) is 61.4 Å². The van der Waals surface area contributed by atoms with E-state index < -0.39 is 6.04 Å². The average Bonchev–Trinajstić information content (AvgIpc) is 2.62. The monoisotopic (exact) mass is 227 g/mol. The smallest absolute Gasteiger partial charge is 0.244 e. The first-order valence-corrected chi connectivity index (χ1v) is 5.65. The lowest BCUT2D eigenvalue weighted by Crippen LogP contribution is -2.47. The molecular formula is C11H21N3O2. The molecule has 0 aliphatic carbocycles. The SMILES string of the molecule is CC(NC(=O)C1CNCC1C)C(=O)N(C)C. The number of nitrogens with one attached hydrogen (secondary N) is 2. The lowest BCUT2D eigenvalue weighted by atomic mass is 9.97. The highest BCUT2D eigenvalue weighted by Crippen LogP contribution is 2.15. The first-order valence-electron chi connectivity index (χ1n) is 5.65. The van der Waals surface area contributed by atoms with Crippen molar-refractivity contribution < 1.29 is 9.59 Å². The second-order valence-corrected chi connectivity index (χ2v) is 4.70. The highest BCUT2D eigenvalue weighted by Gasteiger charge is 2.31. The standard InChI is InChI=1S/C11H21N3O2/c1-7-5-12-6-9(7)10(15)13-8(2)11(16)14(3)4/h7-9,12H,5-6H2,1-4H3,(H,13,15). The van der Waals surface area contributed by atoms with Gasteiger partial charge in [0, 0.05) is 20.6 Å². The fraction of sp³-hybridized carbons (Fsp3) is 0.818. The van der Waals surface area contributed by atoms with Crippen LogP contribution in [0.5, 0.6) is 0 Å². The first-order chi connectivity index (χ1) is 7.43. The van der Waals surface area contributed by atoms with Crippen LogP contribution in [-0.4, -0.2) is 49.9 Å². The molecule has 0 spiro atoms. The van der Waals surface area contributed by atoms with E-state index in [0.717, 1.165) is 6.54 Å². The van der Waals surface area contributed by atoms with Crippen LogP contribution in [-0.2, 0) is 9.59 Å². The Labute approximate surface area is 96.6 Å². The van der Waals surface area contributed by atoms with Gasteiger partial charge in [-0.2, -0.15) is 0 Å². The summed E-state index contributed by atoms with van der Waals surface area (Å²) in [5, 5.41) is 5.94. The summed E-state index contributed by atoms with van der Waals surface area (Å²) < 4.78 is 0. The Bertz CT molecular complexity index is 278. The van der Waals surface area contributed by atoms with Gasteiger partial charge in [0.2, 0.25) is 11.8 Å². The molecule has 3 unspecified atom stereocenters. The van der Waals surface area contributed by atoms with Crippen molar-refractivity contribution in [2.75, 3.05) is 27.2 Å². The summed E-state index contributed by atoms with van der Waals surface area (Å²) in [6, 6.07) is -0.449. The fourth-order valence-electron chi connectivity index (χ4n) is 1.93. The molecule has 5 nitrogen and oxygen atoms in total. The van der Waals surface area contributed by atoms with Gasteiger partial charge in [-0.15, -0.1) is 0 Å². The van der Waals surface area contributed by atoms with E-state index in [1.54, 1.807) is 21.0 Å². The highest BCUT2D eigenvalue weighted by atomic mass is 16.2. The number of carbonyl (C=O) groups excluding carboxylic acids is 2. The molecule has 1 aliphatic heterocycles. The minimum absolute atomic E-state index is 0.0163. The summed E-state index contributed by atoms with van der Waals surface area (Å²) in [7, 11) is 3.37. The van der Waals surface area contributed by atoms with Crippen LogP contribution >= 0.6 is 0 Å². The number of amides is 2. The zero-order chi connectivity index (χ0) is 12.3. The second kappa shape index (κ2) is 5.30. The summed E-state index contributed by atoms with van der Waals surface area (Å²) in [6.07, 6.45) is 0. The van der Waals surface area contributed by atoms with Crippen LogP contribution in [0.1, 0.15) is 13.8 Å². The van der Waals surface area contributed by atoms with Crippen LogP contribution in [0.3, 0.4) is 0 Å². The maximum Gasteiger partial charge on any atom is 0.244 e.